The number of halogens is 2. The Morgan fingerprint density at radius 3 is 2.40 bits per heavy atom. The van der Waals surface area contributed by atoms with E-state index in [0.29, 0.717) is 22.3 Å². The summed E-state index contributed by atoms with van der Waals surface area (Å²) in [5.41, 5.74) is 3.46. The van der Waals surface area contributed by atoms with Gasteiger partial charge in [0.05, 0.1) is 15.7 Å². The van der Waals surface area contributed by atoms with Crippen molar-refractivity contribution in [1.82, 2.24) is 15.0 Å². The van der Waals surface area contributed by atoms with Crippen molar-refractivity contribution in [3.63, 3.8) is 0 Å². The first-order valence-corrected chi connectivity index (χ1v) is 8.81. The first kappa shape index (κ1) is 17.8. The summed E-state index contributed by atoms with van der Waals surface area (Å²) in [5, 5.41) is 9.63. The van der Waals surface area contributed by atoms with Crippen LogP contribution in [0.5, 0.6) is 5.75 Å². The van der Waals surface area contributed by atoms with Crippen molar-refractivity contribution in [3.8, 4) is 11.4 Å². The molecule has 0 atom stereocenters. The Labute approximate surface area is 157 Å². The van der Waals surface area contributed by atoms with Crippen molar-refractivity contribution < 1.29 is 4.74 Å². The number of hydrogen-bond donors (Lipinski definition) is 0. The number of aryl methyl sites for hydroxylation is 1. The van der Waals surface area contributed by atoms with Crippen molar-refractivity contribution >= 4 is 23.2 Å². The molecule has 0 aliphatic carbocycles. The van der Waals surface area contributed by atoms with Crippen molar-refractivity contribution in [1.29, 1.82) is 0 Å². The monoisotopic (exact) mass is 375 g/mol. The van der Waals surface area contributed by atoms with Crippen LogP contribution >= 0.6 is 23.2 Å². The molecule has 4 nitrogen and oxygen atoms in total. The van der Waals surface area contributed by atoms with E-state index in [0.717, 1.165) is 22.7 Å². The van der Waals surface area contributed by atoms with Gasteiger partial charge in [0.2, 0.25) is 0 Å². The van der Waals surface area contributed by atoms with Gasteiger partial charge in [0.15, 0.2) is 0 Å². The molecule has 0 bridgehead atoms. The van der Waals surface area contributed by atoms with E-state index in [2.05, 4.69) is 24.2 Å². The maximum atomic E-state index is 6.35. The van der Waals surface area contributed by atoms with Gasteiger partial charge in [-0.2, -0.15) is 0 Å². The Bertz CT molecular complexity index is 870. The van der Waals surface area contributed by atoms with Gasteiger partial charge in [-0.15, -0.1) is 5.10 Å². The molecule has 130 valence electrons. The highest BCUT2D eigenvalue weighted by atomic mass is 35.5. The molecule has 0 N–H and O–H groups in total. The van der Waals surface area contributed by atoms with Crippen LogP contribution in [0.3, 0.4) is 0 Å². The maximum absolute atomic E-state index is 6.35. The van der Waals surface area contributed by atoms with E-state index in [1.165, 1.54) is 0 Å². The molecule has 0 saturated heterocycles. The van der Waals surface area contributed by atoms with Crippen LogP contribution in [0.2, 0.25) is 10.0 Å². The third kappa shape index (κ3) is 3.80. The molecule has 3 rings (SSSR count). The molecule has 1 heterocycles. The van der Waals surface area contributed by atoms with Gasteiger partial charge in [0, 0.05) is 0 Å². The van der Waals surface area contributed by atoms with Crippen LogP contribution in [0.15, 0.2) is 42.5 Å². The second-order valence-corrected chi connectivity index (χ2v) is 6.98. The Hall–Kier alpha value is -2.04. The average molecular weight is 376 g/mol. The topological polar surface area (TPSA) is 39.9 Å². The number of ether oxygens (including phenoxy) is 1. The molecule has 0 spiro atoms. The van der Waals surface area contributed by atoms with Gasteiger partial charge in [-0.25, -0.2) is 4.68 Å². The number of para-hydroxylation sites is 1. The van der Waals surface area contributed by atoms with Crippen molar-refractivity contribution in [2.75, 3.05) is 0 Å². The number of nitrogens with zero attached hydrogens (tertiary/aromatic N) is 3. The Morgan fingerprint density at radius 1 is 1.08 bits per heavy atom. The Morgan fingerprint density at radius 2 is 1.76 bits per heavy atom. The minimum atomic E-state index is 0.200. The van der Waals surface area contributed by atoms with Crippen LogP contribution in [0.1, 0.15) is 36.7 Å². The normalized spacial score (nSPS) is 11.1. The summed E-state index contributed by atoms with van der Waals surface area (Å²) in [4.78, 5) is 0. The fraction of sp³-hybridized carbons (Fsp3) is 0.263. The van der Waals surface area contributed by atoms with Gasteiger partial charge in [0.1, 0.15) is 23.7 Å². The summed E-state index contributed by atoms with van der Waals surface area (Å²) >= 11 is 12.7. The number of rotatable bonds is 5. The maximum Gasteiger partial charge on any atom is 0.132 e. The minimum Gasteiger partial charge on any atom is -0.487 e. The summed E-state index contributed by atoms with van der Waals surface area (Å²) in [5.74, 6) is 0.999. The SMILES string of the molecule is Cc1cccc(OCc2c(C(C)C)nnn2-c2c(Cl)cccc2Cl)c1. The lowest BCUT2D eigenvalue weighted by Crippen LogP contribution is -2.09. The smallest absolute Gasteiger partial charge is 0.132 e. The van der Waals surface area contributed by atoms with Gasteiger partial charge >= 0.3 is 0 Å². The fourth-order valence-corrected chi connectivity index (χ4v) is 3.18. The van der Waals surface area contributed by atoms with Gasteiger partial charge in [0.25, 0.3) is 0 Å². The van der Waals surface area contributed by atoms with Gasteiger partial charge in [-0.05, 0) is 42.7 Å². The molecule has 0 radical (unpaired) electrons. The van der Waals surface area contributed by atoms with Crippen LogP contribution < -0.4 is 4.74 Å². The third-order valence-corrected chi connectivity index (χ3v) is 4.46. The quantitative estimate of drug-likeness (QED) is 0.583. The van der Waals surface area contributed by atoms with Gasteiger partial charge in [-0.3, -0.25) is 0 Å². The number of hydrogen-bond acceptors (Lipinski definition) is 3. The van der Waals surface area contributed by atoms with Crippen LogP contribution in [-0.2, 0) is 6.61 Å². The molecule has 6 heteroatoms. The van der Waals surface area contributed by atoms with E-state index in [4.69, 9.17) is 27.9 Å². The average Bonchev–Trinajstić information content (AvgIpc) is 2.97. The van der Waals surface area contributed by atoms with Crippen LogP contribution in [-0.4, -0.2) is 15.0 Å². The zero-order valence-corrected chi connectivity index (χ0v) is 15.8. The molecule has 0 amide bonds. The molecule has 1 aromatic heterocycles. The van der Waals surface area contributed by atoms with E-state index in [-0.39, 0.29) is 5.92 Å². The highest BCUT2D eigenvalue weighted by Crippen LogP contribution is 2.31. The second kappa shape index (κ2) is 7.46. The van der Waals surface area contributed by atoms with Crippen LogP contribution in [0.4, 0.5) is 0 Å². The van der Waals surface area contributed by atoms with Crippen LogP contribution in [0.25, 0.3) is 5.69 Å². The first-order valence-electron chi connectivity index (χ1n) is 8.05. The lowest BCUT2D eigenvalue weighted by atomic mass is 10.1. The lowest BCUT2D eigenvalue weighted by Gasteiger charge is -2.13. The molecule has 3 aromatic rings. The Kier molecular flexibility index (Phi) is 5.30. The molecule has 0 unspecified atom stereocenters. The van der Waals surface area contributed by atoms with Crippen LogP contribution in [0, 0.1) is 6.92 Å². The van der Waals surface area contributed by atoms with E-state index in [1.54, 1.807) is 22.9 Å². The first-order chi connectivity index (χ1) is 12.0. The summed E-state index contributed by atoms with van der Waals surface area (Å²) in [7, 11) is 0. The number of aromatic nitrogens is 3. The van der Waals surface area contributed by atoms with Gasteiger partial charge in [-0.1, -0.05) is 60.5 Å². The summed E-state index contributed by atoms with van der Waals surface area (Å²) in [6, 6.07) is 13.3. The zero-order valence-electron chi connectivity index (χ0n) is 14.3. The molecule has 25 heavy (non-hydrogen) atoms. The Balaban J connectivity index is 2.01. The van der Waals surface area contributed by atoms with E-state index < -0.39 is 0 Å². The predicted molar refractivity (Wildman–Crippen MR) is 101 cm³/mol. The lowest BCUT2D eigenvalue weighted by molar-refractivity contribution is 0.295. The van der Waals surface area contributed by atoms with E-state index >= 15 is 0 Å². The molecule has 2 aromatic carbocycles. The number of benzene rings is 2. The molecule has 0 saturated carbocycles. The molecular formula is C19H19Cl2N3O. The third-order valence-electron chi connectivity index (χ3n) is 3.85. The van der Waals surface area contributed by atoms with Gasteiger partial charge < -0.3 is 4.74 Å². The molecular weight excluding hydrogens is 357 g/mol. The summed E-state index contributed by atoms with van der Waals surface area (Å²) < 4.78 is 7.65. The zero-order chi connectivity index (χ0) is 18.0. The van der Waals surface area contributed by atoms with Crippen molar-refractivity contribution in [2.45, 2.75) is 33.3 Å². The van der Waals surface area contributed by atoms with Crippen molar-refractivity contribution in [2.24, 2.45) is 0 Å². The van der Waals surface area contributed by atoms with Crippen molar-refractivity contribution in [3.05, 3.63) is 69.5 Å². The summed E-state index contributed by atoms with van der Waals surface area (Å²) in [6.07, 6.45) is 0. The van der Waals surface area contributed by atoms with E-state index in [9.17, 15) is 0 Å². The van der Waals surface area contributed by atoms with E-state index in [1.807, 2.05) is 31.2 Å². The second-order valence-electron chi connectivity index (χ2n) is 6.16. The standard InChI is InChI=1S/C19H19Cl2N3O/c1-12(2)18-17(11-25-14-7-4-6-13(3)10-14)24(23-22-18)19-15(20)8-5-9-16(19)21/h4-10,12H,11H2,1-3H3. The molecule has 0 aliphatic heterocycles. The highest BCUT2D eigenvalue weighted by molar-refractivity contribution is 6.37. The molecule has 0 aliphatic rings. The minimum absolute atomic E-state index is 0.200. The predicted octanol–water partition coefficient (Wildman–Crippen LogP) is 5.58. The largest absolute Gasteiger partial charge is 0.487 e. The molecule has 0 fully saturated rings. The highest BCUT2D eigenvalue weighted by Gasteiger charge is 2.20. The fourth-order valence-electron chi connectivity index (χ4n) is 2.62. The summed E-state index contributed by atoms with van der Waals surface area (Å²) in [6.45, 7) is 6.49.